The summed E-state index contributed by atoms with van der Waals surface area (Å²) in [6.45, 7) is 1.29. The molecule has 0 aromatic carbocycles. The van der Waals surface area contributed by atoms with Gasteiger partial charge >= 0.3 is 0 Å². The molecule has 1 atom stereocenters. The Morgan fingerprint density at radius 1 is 1.21 bits per heavy atom. The number of nitrogens with zero attached hydrogens (tertiary/aromatic N) is 3. The normalized spacial score (nSPS) is 20.9. The molecule has 0 spiro atoms. The number of unbranched alkanes of at least 4 members (excludes halogenated alkanes) is 1. The molecule has 2 amide bonds. The van der Waals surface area contributed by atoms with Crippen LogP contribution < -0.4 is 5.73 Å². The number of hydrogen-bond acceptors (Lipinski definition) is 6. The van der Waals surface area contributed by atoms with Crippen molar-refractivity contribution in [2.24, 2.45) is 12.8 Å². The van der Waals surface area contributed by atoms with Gasteiger partial charge in [0.1, 0.15) is 10.6 Å². The number of sulfonamides is 1. The van der Waals surface area contributed by atoms with Crippen LogP contribution in [0, 0.1) is 0 Å². The Morgan fingerprint density at radius 3 is 2.52 bits per heavy atom. The summed E-state index contributed by atoms with van der Waals surface area (Å²) < 4.78 is 28.5. The Balaban J connectivity index is 1.47. The number of piperazine rings is 1. The highest BCUT2D eigenvalue weighted by Crippen LogP contribution is 2.39. The second-order valence-corrected chi connectivity index (χ2v) is 12.1. The van der Waals surface area contributed by atoms with Gasteiger partial charge in [-0.3, -0.25) is 9.59 Å². The van der Waals surface area contributed by atoms with Gasteiger partial charge in [0.25, 0.3) is 5.91 Å². The molecule has 1 aromatic rings. The van der Waals surface area contributed by atoms with Crippen molar-refractivity contribution in [3.05, 3.63) is 18.0 Å². The van der Waals surface area contributed by atoms with Crippen LogP contribution in [0.15, 0.2) is 17.2 Å². The van der Waals surface area contributed by atoms with E-state index in [0.717, 1.165) is 18.1 Å². The topological polar surface area (TPSA) is 106 Å². The van der Waals surface area contributed by atoms with E-state index >= 15 is 0 Å². The lowest BCUT2D eigenvalue weighted by Gasteiger charge is -2.34. The van der Waals surface area contributed by atoms with Gasteiger partial charge in [0, 0.05) is 56.8 Å². The number of primary amides is 1. The van der Waals surface area contributed by atoms with E-state index in [-0.39, 0.29) is 29.6 Å². The number of hydrogen-bond donors (Lipinski definition) is 1. The Labute approximate surface area is 180 Å². The Kier molecular flexibility index (Phi) is 7.58. The van der Waals surface area contributed by atoms with Crippen LogP contribution in [0.25, 0.3) is 0 Å². The molecule has 0 bridgehead atoms. The zero-order chi connectivity index (χ0) is 21.0. The van der Waals surface area contributed by atoms with E-state index in [1.54, 1.807) is 11.9 Å². The van der Waals surface area contributed by atoms with Crippen molar-refractivity contribution >= 4 is 43.4 Å². The number of amides is 2. The molecular weight excluding hydrogens is 432 g/mol. The second-order valence-electron chi connectivity index (χ2n) is 7.40. The second kappa shape index (κ2) is 9.76. The summed E-state index contributed by atoms with van der Waals surface area (Å²) in [5.41, 5.74) is 5.42. The molecule has 8 nitrogen and oxygen atoms in total. The molecule has 11 heteroatoms. The van der Waals surface area contributed by atoms with Crippen molar-refractivity contribution in [1.29, 1.82) is 0 Å². The molecule has 2 N–H and O–H groups in total. The number of carbonyl (C=O) groups excluding carboxylic acids is 2. The van der Waals surface area contributed by atoms with Gasteiger partial charge in [0.15, 0.2) is 0 Å². The molecule has 2 aliphatic rings. The van der Waals surface area contributed by atoms with Gasteiger partial charge < -0.3 is 15.2 Å². The zero-order valence-corrected chi connectivity index (χ0v) is 19.0. The first kappa shape index (κ1) is 22.5. The van der Waals surface area contributed by atoms with Crippen LogP contribution in [0.2, 0.25) is 0 Å². The quantitative estimate of drug-likeness (QED) is 0.467. The Bertz CT molecular complexity index is 841. The molecule has 2 fully saturated rings. The largest absolute Gasteiger partial charge is 0.364 e. The fourth-order valence-electron chi connectivity index (χ4n) is 3.62. The summed E-state index contributed by atoms with van der Waals surface area (Å²) in [5.74, 6) is 0.662. The fourth-order valence-corrected chi connectivity index (χ4v) is 8.14. The van der Waals surface area contributed by atoms with Gasteiger partial charge in [-0.05, 0) is 25.3 Å². The number of nitrogens with two attached hydrogens (primary N) is 1. The molecule has 162 valence electrons. The fraction of sp³-hybridized carbons (Fsp3) is 0.667. The van der Waals surface area contributed by atoms with E-state index in [1.807, 2.05) is 21.6 Å². The molecule has 2 aliphatic heterocycles. The third-order valence-electron chi connectivity index (χ3n) is 5.36. The van der Waals surface area contributed by atoms with Crippen molar-refractivity contribution in [3.8, 4) is 0 Å². The molecule has 3 heterocycles. The third kappa shape index (κ3) is 5.50. The predicted molar refractivity (Wildman–Crippen MR) is 116 cm³/mol. The van der Waals surface area contributed by atoms with Crippen LogP contribution in [0.3, 0.4) is 0 Å². The third-order valence-corrected chi connectivity index (χ3v) is 10.2. The number of carbonyl (C=O) groups is 2. The average Bonchev–Trinajstić information content (AvgIpc) is 3.35. The number of aryl methyl sites for hydroxylation is 1. The molecule has 3 rings (SSSR count). The summed E-state index contributed by atoms with van der Waals surface area (Å²) in [7, 11) is 1.77. The van der Waals surface area contributed by atoms with E-state index < -0.39 is 15.9 Å². The maximum Gasteiger partial charge on any atom is 0.265 e. The van der Waals surface area contributed by atoms with Crippen molar-refractivity contribution in [1.82, 2.24) is 13.8 Å². The molecule has 1 unspecified atom stereocenters. The van der Waals surface area contributed by atoms with E-state index in [9.17, 15) is 18.0 Å². The average molecular weight is 461 g/mol. The van der Waals surface area contributed by atoms with Gasteiger partial charge in [0.05, 0.1) is 0 Å². The first-order valence-electron chi connectivity index (χ1n) is 9.81. The minimum absolute atomic E-state index is 0.0523. The monoisotopic (exact) mass is 460 g/mol. The van der Waals surface area contributed by atoms with Crippen LogP contribution in [0.1, 0.15) is 42.6 Å². The smallest absolute Gasteiger partial charge is 0.265 e. The van der Waals surface area contributed by atoms with Crippen molar-refractivity contribution in [2.45, 2.75) is 42.2 Å². The van der Waals surface area contributed by atoms with Crippen LogP contribution >= 0.6 is 21.6 Å². The maximum atomic E-state index is 12.8. The highest BCUT2D eigenvalue weighted by atomic mass is 33.1. The molecule has 29 heavy (non-hydrogen) atoms. The lowest BCUT2D eigenvalue weighted by Crippen LogP contribution is -2.50. The number of rotatable bonds is 8. The standard InChI is InChI=1S/C18H28N4O4S3/c1-20-13-15(12-16(20)18(19)24)29(25,26)22-9-7-21(8-10-22)17(23)5-3-2-4-14-6-11-27-28-14/h12-14H,2-11H2,1H3,(H2,19,24). The van der Waals surface area contributed by atoms with E-state index in [4.69, 9.17) is 5.73 Å². The van der Waals surface area contributed by atoms with Crippen LogP contribution in [-0.2, 0) is 21.9 Å². The first-order chi connectivity index (χ1) is 13.8. The van der Waals surface area contributed by atoms with Gasteiger partial charge in [-0.1, -0.05) is 28.0 Å². The lowest BCUT2D eigenvalue weighted by molar-refractivity contribution is -0.132. The maximum absolute atomic E-state index is 12.8. The van der Waals surface area contributed by atoms with Crippen LogP contribution in [0.5, 0.6) is 0 Å². The molecule has 0 aliphatic carbocycles. The van der Waals surface area contributed by atoms with E-state index in [2.05, 4.69) is 0 Å². The summed E-state index contributed by atoms with van der Waals surface area (Å²) in [5, 5.41) is 0.733. The Morgan fingerprint density at radius 2 is 1.93 bits per heavy atom. The molecule has 0 radical (unpaired) electrons. The van der Waals surface area contributed by atoms with Gasteiger partial charge in [0.2, 0.25) is 15.9 Å². The van der Waals surface area contributed by atoms with E-state index in [0.29, 0.717) is 19.5 Å². The minimum Gasteiger partial charge on any atom is -0.364 e. The molecule has 0 saturated carbocycles. The molecule has 2 saturated heterocycles. The van der Waals surface area contributed by atoms with Crippen molar-refractivity contribution in [3.63, 3.8) is 0 Å². The highest BCUT2D eigenvalue weighted by molar-refractivity contribution is 8.77. The first-order valence-corrected chi connectivity index (χ1v) is 13.6. The summed E-state index contributed by atoms with van der Waals surface area (Å²) >= 11 is 0. The van der Waals surface area contributed by atoms with Crippen LogP contribution in [0.4, 0.5) is 0 Å². The minimum atomic E-state index is -3.71. The number of aromatic nitrogens is 1. The van der Waals surface area contributed by atoms with E-state index in [1.165, 1.54) is 39.7 Å². The lowest BCUT2D eigenvalue weighted by atomic mass is 10.1. The van der Waals surface area contributed by atoms with Crippen molar-refractivity contribution in [2.75, 3.05) is 31.9 Å². The van der Waals surface area contributed by atoms with Crippen molar-refractivity contribution < 1.29 is 18.0 Å². The van der Waals surface area contributed by atoms with Crippen LogP contribution in [-0.4, -0.2) is 71.2 Å². The van der Waals surface area contributed by atoms with Gasteiger partial charge in [-0.15, -0.1) is 0 Å². The van der Waals surface area contributed by atoms with Gasteiger partial charge in [-0.25, -0.2) is 8.42 Å². The van der Waals surface area contributed by atoms with Gasteiger partial charge in [-0.2, -0.15) is 4.31 Å². The molecule has 1 aromatic heterocycles. The summed E-state index contributed by atoms with van der Waals surface area (Å²) in [6, 6.07) is 1.30. The zero-order valence-electron chi connectivity index (χ0n) is 16.6. The Hall–Kier alpha value is -1.17. The summed E-state index contributed by atoms with van der Waals surface area (Å²) in [4.78, 5) is 25.6. The predicted octanol–water partition coefficient (Wildman–Crippen LogP) is 1.67. The SMILES string of the molecule is Cn1cc(S(=O)(=O)N2CCN(C(=O)CCCCC3CCSS3)CC2)cc1C(N)=O. The highest BCUT2D eigenvalue weighted by Gasteiger charge is 2.31. The molecular formula is C18H28N4O4S3. The summed E-state index contributed by atoms with van der Waals surface area (Å²) in [6.07, 6.45) is 6.31.